The second kappa shape index (κ2) is 5.85. The number of ether oxygens (including phenoxy) is 1. The Bertz CT molecular complexity index is 710. The van der Waals surface area contributed by atoms with Crippen LogP contribution in [0.25, 0.3) is 11.1 Å². The molecule has 6 heteroatoms. The number of hydrogen-bond acceptors (Lipinski definition) is 2. The van der Waals surface area contributed by atoms with Crippen molar-refractivity contribution in [3.05, 3.63) is 53.3 Å². The Morgan fingerprint density at radius 1 is 1.13 bits per heavy atom. The molecule has 122 valence electrons. The Morgan fingerprint density at radius 2 is 1.83 bits per heavy atom. The highest BCUT2D eigenvalue weighted by atomic mass is 19.4. The smallest absolute Gasteiger partial charge is 0.416 e. The third-order valence-electron chi connectivity index (χ3n) is 3.83. The van der Waals surface area contributed by atoms with Crippen molar-refractivity contribution in [2.24, 2.45) is 0 Å². The molecule has 0 saturated heterocycles. The molecule has 0 fully saturated rings. The van der Waals surface area contributed by atoms with Crippen LogP contribution >= 0.6 is 0 Å². The van der Waals surface area contributed by atoms with Crippen LogP contribution in [0.5, 0.6) is 5.75 Å². The van der Waals surface area contributed by atoms with Crippen molar-refractivity contribution < 1.29 is 22.3 Å². The van der Waals surface area contributed by atoms with Crippen LogP contribution in [0.3, 0.4) is 0 Å². The number of likely N-dealkylation sites (N-methyl/N-ethyl adjacent to an activating group) is 1. The van der Waals surface area contributed by atoms with Gasteiger partial charge in [-0.05, 0) is 42.4 Å². The molecule has 0 aliphatic carbocycles. The minimum atomic E-state index is -4.38. The summed E-state index contributed by atoms with van der Waals surface area (Å²) in [5.74, 6) is -0.253. The van der Waals surface area contributed by atoms with Gasteiger partial charge in [-0.25, -0.2) is 4.39 Å². The first-order valence-electron chi connectivity index (χ1n) is 7.20. The molecule has 1 aliphatic heterocycles. The molecule has 1 aliphatic rings. The van der Waals surface area contributed by atoms with Crippen molar-refractivity contribution in [2.75, 3.05) is 13.6 Å². The van der Waals surface area contributed by atoms with Gasteiger partial charge in [0.1, 0.15) is 6.10 Å². The maximum atomic E-state index is 14.2. The SMILES string of the molecule is CNCC1Cc2cc(-c3ccc(C(F)(F)F)cc3)cc(F)c2O1. The zero-order chi connectivity index (χ0) is 16.6. The number of alkyl halides is 3. The highest BCUT2D eigenvalue weighted by Gasteiger charge is 2.30. The van der Waals surface area contributed by atoms with Crippen molar-refractivity contribution >= 4 is 0 Å². The fourth-order valence-corrected chi connectivity index (χ4v) is 2.75. The van der Waals surface area contributed by atoms with Crippen LogP contribution in [0.15, 0.2) is 36.4 Å². The van der Waals surface area contributed by atoms with Gasteiger partial charge in [-0.15, -0.1) is 0 Å². The summed E-state index contributed by atoms with van der Waals surface area (Å²) in [5, 5.41) is 2.98. The molecule has 1 unspecified atom stereocenters. The van der Waals surface area contributed by atoms with Crippen molar-refractivity contribution in [3.63, 3.8) is 0 Å². The molecular weight excluding hydrogens is 310 g/mol. The average Bonchev–Trinajstić information content (AvgIpc) is 2.90. The molecule has 1 N–H and O–H groups in total. The van der Waals surface area contributed by atoms with Gasteiger partial charge in [0.2, 0.25) is 0 Å². The van der Waals surface area contributed by atoms with Crippen LogP contribution < -0.4 is 10.1 Å². The Kier molecular flexibility index (Phi) is 4.02. The van der Waals surface area contributed by atoms with Gasteiger partial charge in [-0.3, -0.25) is 0 Å². The zero-order valence-electron chi connectivity index (χ0n) is 12.4. The highest BCUT2D eigenvalue weighted by molar-refractivity contribution is 5.67. The van der Waals surface area contributed by atoms with E-state index >= 15 is 0 Å². The topological polar surface area (TPSA) is 21.3 Å². The standard InChI is InChI=1S/C17H15F4NO/c1-22-9-14-7-12-6-11(8-15(18)16(12)23-14)10-2-4-13(5-3-10)17(19,20)21/h2-6,8,14,22H,7,9H2,1H3. The van der Waals surface area contributed by atoms with Crippen LogP contribution in [0.1, 0.15) is 11.1 Å². The second-order valence-corrected chi connectivity index (χ2v) is 5.52. The molecule has 1 atom stereocenters. The summed E-state index contributed by atoms with van der Waals surface area (Å²) in [4.78, 5) is 0. The first-order chi connectivity index (χ1) is 10.9. The van der Waals surface area contributed by atoms with E-state index in [-0.39, 0.29) is 11.9 Å². The summed E-state index contributed by atoms with van der Waals surface area (Å²) in [5.41, 5.74) is 1.10. The van der Waals surface area contributed by atoms with E-state index in [1.165, 1.54) is 18.2 Å². The molecular formula is C17H15F4NO. The summed E-state index contributed by atoms with van der Waals surface area (Å²) in [6.45, 7) is 0.601. The molecule has 0 spiro atoms. The number of benzene rings is 2. The summed E-state index contributed by atoms with van der Waals surface area (Å²) in [7, 11) is 1.79. The average molecular weight is 325 g/mol. The molecule has 0 aromatic heterocycles. The van der Waals surface area contributed by atoms with Crippen LogP contribution in [0, 0.1) is 5.82 Å². The van der Waals surface area contributed by atoms with Crippen molar-refractivity contribution in [2.45, 2.75) is 18.7 Å². The fourth-order valence-electron chi connectivity index (χ4n) is 2.75. The van der Waals surface area contributed by atoms with Gasteiger partial charge in [-0.2, -0.15) is 13.2 Å². The fraction of sp³-hybridized carbons (Fsp3) is 0.294. The van der Waals surface area contributed by atoms with E-state index in [0.717, 1.165) is 17.7 Å². The molecule has 3 rings (SSSR count). The normalized spacial score (nSPS) is 17.0. The van der Waals surface area contributed by atoms with Gasteiger partial charge in [0.25, 0.3) is 0 Å². The van der Waals surface area contributed by atoms with Crippen LogP contribution in [0.4, 0.5) is 17.6 Å². The van der Waals surface area contributed by atoms with Crippen molar-refractivity contribution in [1.29, 1.82) is 0 Å². The molecule has 2 nitrogen and oxygen atoms in total. The molecule has 1 heterocycles. The zero-order valence-corrected chi connectivity index (χ0v) is 12.4. The van der Waals surface area contributed by atoms with Gasteiger partial charge >= 0.3 is 6.18 Å². The number of rotatable bonds is 3. The molecule has 0 radical (unpaired) electrons. The molecule has 2 aromatic rings. The highest BCUT2D eigenvalue weighted by Crippen LogP contribution is 2.36. The molecule has 0 bridgehead atoms. The quantitative estimate of drug-likeness (QED) is 0.860. The molecule has 0 amide bonds. The van der Waals surface area contributed by atoms with E-state index in [1.807, 2.05) is 0 Å². The summed E-state index contributed by atoms with van der Waals surface area (Å²) < 4.78 is 57.5. The van der Waals surface area contributed by atoms with Crippen molar-refractivity contribution in [3.8, 4) is 16.9 Å². The lowest BCUT2D eigenvalue weighted by molar-refractivity contribution is -0.137. The third-order valence-corrected chi connectivity index (χ3v) is 3.83. The maximum absolute atomic E-state index is 14.2. The minimum Gasteiger partial charge on any atom is -0.485 e. The van der Waals surface area contributed by atoms with E-state index in [9.17, 15) is 17.6 Å². The Morgan fingerprint density at radius 3 is 2.43 bits per heavy atom. The van der Waals surface area contributed by atoms with E-state index in [1.54, 1.807) is 13.1 Å². The predicted molar refractivity (Wildman–Crippen MR) is 78.9 cm³/mol. The summed E-state index contributed by atoms with van der Waals surface area (Å²) in [6.07, 6.45) is -3.94. The Labute approximate surface area is 131 Å². The van der Waals surface area contributed by atoms with Gasteiger partial charge in [-0.1, -0.05) is 12.1 Å². The summed E-state index contributed by atoms with van der Waals surface area (Å²) >= 11 is 0. The number of nitrogens with one attached hydrogen (secondary N) is 1. The molecule has 23 heavy (non-hydrogen) atoms. The molecule has 2 aromatic carbocycles. The minimum absolute atomic E-state index is 0.132. The van der Waals surface area contributed by atoms with Gasteiger partial charge in [0, 0.05) is 18.5 Å². The van der Waals surface area contributed by atoms with Crippen LogP contribution in [0.2, 0.25) is 0 Å². The molecule has 0 saturated carbocycles. The largest absolute Gasteiger partial charge is 0.485 e. The van der Waals surface area contributed by atoms with Gasteiger partial charge in [0.05, 0.1) is 5.56 Å². The lowest BCUT2D eigenvalue weighted by atomic mass is 9.99. The summed E-state index contributed by atoms with van der Waals surface area (Å²) in [6, 6.07) is 7.77. The first-order valence-corrected chi connectivity index (χ1v) is 7.20. The van der Waals surface area contributed by atoms with Crippen molar-refractivity contribution in [1.82, 2.24) is 5.32 Å². The van der Waals surface area contributed by atoms with E-state index in [0.29, 0.717) is 24.1 Å². The van der Waals surface area contributed by atoms with Crippen LogP contribution in [-0.4, -0.2) is 19.7 Å². The second-order valence-electron chi connectivity index (χ2n) is 5.52. The van der Waals surface area contributed by atoms with E-state index in [4.69, 9.17) is 4.74 Å². The number of hydrogen-bond donors (Lipinski definition) is 1. The number of fused-ring (bicyclic) bond motifs is 1. The van der Waals surface area contributed by atoms with Gasteiger partial charge < -0.3 is 10.1 Å². The first kappa shape index (κ1) is 15.8. The van der Waals surface area contributed by atoms with E-state index in [2.05, 4.69) is 5.32 Å². The Hall–Kier alpha value is -2.08. The van der Waals surface area contributed by atoms with Gasteiger partial charge in [0.15, 0.2) is 11.6 Å². The third kappa shape index (κ3) is 3.17. The lowest BCUT2D eigenvalue weighted by Gasteiger charge is -2.10. The predicted octanol–water partition coefficient (Wildman–Crippen LogP) is 4.03. The Balaban J connectivity index is 1.91. The maximum Gasteiger partial charge on any atom is 0.416 e. The van der Waals surface area contributed by atoms with E-state index < -0.39 is 17.6 Å². The monoisotopic (exact) mass is 325 g/mol. The number of halogens is 4. The lowest BCUT2D eigenvalue weighted by Crippen LogP contribution is -2.27. The van der Waals surface area contributed by atoms with Crippen LogP contribution in [-0.2, 0) is 12.6 Å².